The van der Waals surface area contributed by atoms with Crippen molar-refractivity contribution < 1.29 is 13.2 Å². The Balaban J connectivity index is 1.81. The number of aryl methyl sites for hydroxylation is 1. The fourth-order valence-electron chi connectivity index (χ4n) is 2.74. The lowest BCUT2D eigenvalue weighted by molar-refractivity contribution is -0.00177. The summed E-state index contributed by atoms with van der Waals surface area (Å²) in [4.78, 5) is 3.94. The Morgan fingerprint density at radius 2 is 2.14 bits per heavy atom. The van der Waals surface area contributed by atoms with Gasteiger partial charge >= 0.3 is 0 Å². The summed E-state index contributed by atoms with van der Waals surface area (Å²) >= 11 is 0. The van der Waals surface area contributed by atoms with Crippen molar-refractivity contribution in [1.82, 2.24) is 9.71 Å². The summed E-state index contributed by atoms with van der Waals surface area (Å²) in [5.41, 5.74) is 0.645. The molecule has 0 aromatic carbocycles. The van der Waals surface area contributed by atoms with Crippen molar-refractivity contribution in [3.63, 3.8) is 0 Å². The maximum atomic E-state index is 12.1. The number of sulfonamides is 1. The molecule has 1 aromatic rings. The van der Waals surface area contributed by atoms with E-state index >= 15 is 0 Å². The van der Waals surface area contributed by atoms with Gasteiger partial charge in [-0.2, -0.15) is 0 Å². The number of nitrogens with one attached hydrogen (secondary N) is 1. The Morgan fingerprint density at radius 1 is 1.38 bits per heavy atom. The van der Waals surface area contributed by atoms with Gasteiger partial charge in [-0.25, -0.2) is 18.1 Å². The van der Waals surface area contributed by atoms with E-state index in [2.05, 4.69) is 16.6 Å². The van der Waals surface area contributed by atoms with E-state index in [0.29, 0.717) is 18.1 Å². The van der Waals surface area contributed by atoms with Crippen LogP contribution >= 0.6 is 0 Å². The summed E-state index contributed by atoms with van der Waals surface area (Å²) in [5, 5.41) is 0.0936. The van der Waals surface area contributed by atoms with Crippen LogP contribution in [0.15, 0.2) is 23.4 Å². The van der Waals surface area contributed by atoms with Gasteiger partial charge in [-0.1, -0.05) is 25.8 Å². The van der Waals surface area contributed by atoms with Gasteiger partial charge < -0.3 is 4.74 Å². The molecule has 118 valence electrons. The van der Waals surface area contributed by atoms with Crippen LogP contribution in [0.5, 0.6) is 0 Å². The van der Waals surface area contributed by atoms with Gasteiger partial charge in [0.25, 0.3) is 10.0 Å². The van der Waals surface area contributed by atoms with Gasteiger partial charge in [-0.3, -0.25) is 0 Å². The van der Waals surface area contributed by atoms with E-state index in [9.17, 15) is 8.42 Å². The minimum atomic E-state index is -3.55. The summed E-state index contributed by atoms with van der Waals surface area (Å²) in [5.74, 6) is 0.563. The zero-order valence-electron chi connectivity index (χ0n) is 12.7. The van der Waals surface area contributed by atoms with Crippen LogP contribution in [0.3, 0.4) is 0 Å². The van der Waals surface area contributed by atoms with E-state index in [4.69, 9.17) is 4.74 Å². The van der Waals surface area contributed by atoms with Crippen molar-refractivity contribution in [1.29, 1.82) is 0 Å². The maximum absolute atomic E-state index is 12.1. The number of pyridine rings is 1. The molecule has 1 N–H and O–H groups in total. The SMILES string of the molecule is Cc1cccnc1S(=O)(=O)NCCOC1CCCCC1C. The van der Waals surface area contributed by atoms with Crippen molar-refractivity contribution in [2.75, 3.05) is 13.2 Å². The highest BCUT2D eigenvalue weighted by Crippen LogP contribution is 2.26. The molecule has 2 rings (SSSR count). The van der Waals surface area contributed by atoms with E-state index in [1.54, 1.807) is 19.1 Å². The molecular formula is C15H24N2O3S. The van der Waals surface area contributed by atoms with Crippen LogP contribution in [-0.4, -0.2) is 32.7 Å². The second-order valence-corrected chi connectivity index (χ2v) is 7.38. The molecule has 1 aliphatic rings. The van der Waals surface area contributed by atoms with Crippen molar-refractivity contribution in [3.05, 3.63) is 23.9 Å². The highest BCUT2D eigenvalue weighted by Gasteiger charge is 2.22. The first-order valence-corrected chi connectivity index (χ1v) is 9.02. The highest BCUT2D eigenvalue weighted by molar-refractivity contribution is 7.89. The molecule has 2 unspecified atom stereocenters. The van der Waals surface area contributed by atoms with Crippen molar-refractivity contribution in [2.24, 2.45) is 5.92 Å². The Labute approximate surface area is 127 Å². The summed E-state index contributed by atoms with van der Waals surface area (Å²) in [6, 6.07) is 3.46. The van der Waals surface area contributed by atoms with Gasteiger partial charge in [-0.15, -0.1) is 0 Å². The molecular weight excluding hydrogens is 288 g/mol. The third-order valence-corrected chi connectivity index (χ3v) is 5.50. The standard InChI is InChI=1S/C15H24N2O3S/c1-12-6-3-4-8-14(12)20-11-10-17-21(18,19)15-13(2)7-5-9-16-15/h5,7,9,12,14,17H,3-4,6,8,10-11H2,1-2H3. The highest BCUT2D eigenvalue weighted by atomic mass is 32.2. The van der Waals surface area contributed by atoms with Crippen molar-refractivity contribution in [3.8, 4) is 0 Å². The van der Waals surface area contributed by atoms with E-state index < -0.39 is 10.0 Å². The summed E-state index contributed by atoms with van der Waals surface area (Å²) < 4.78 is 32.6. The monoisotopic (exact) mass is 312 g/mol. The normalized spacial score (nSPS) is 23.1. The molecule has 1 heterocycles. The summed E-state index contributed by atoms with van der Waals surface area (Å²) in [7, 11) is -3.55. The van der Waals surface area contributed by atoms with Gasteiger partial charge in [0, 0.05) is 12.7 Å². The molecule has 0 bridgehead atoms. The van der Waals surface area contributed by atoms with Crippen molar-refractivity contribution >= 4 is 10.0 Å². The van der Waals surface area contributed by atoms with E-state index in [0.717, 1.165) is 6.42 Å². The molecule has 1 aromatic heterocycles. The minimum absolute atomic E-state index is 0.0936. The van der Waals surface area contributed by atoms with Crippen LogP contribution in [0, 0.1) is 12.8 Å². The maximum Gasteiger partial charge on any atom is 0.258 e. The fourth-order valence-corrected chi connectivity index (χ4v) is 3.92. The molecule has 0 saturated heterocycles. The smallest absolute Gasteiger partial charge is 0.258 e. The molecule has 6 heteroatoms. The summed E-state index contributed by atoms with van der Waals surface area (Å²) in [6.45, 7) is 4.62. The van der Waals surface area contributed by atoms with Gasteiger partial charge in [-0.05, 0) is 37.3 Å². The van der Waals surface area contributed by atoms with Gasteiger partial charge in [0.15, 0.2) is 5.03 Å². The van der Waals surface area contributed by atoms with Gasteiger partial charge in [0.05, 0.1) is 12.7 Å². The second-order valence-electron chi connectivity index (χ2n) is 5.69. The molecule has 2 atom stereocenters. The first-order chi connectivity index (χ1) is 10.0. The first kappa shape index (κ1) is 16.4. The number of aromatic nitrogens is 1. The van der Waals surface area contributed by atoms with Gasteiger partial charge in [0.1, 0.15) is 0 Å². The number of ether oxygens (including phenoxy) is 1. The largest absolute Gasteiger partial charge is 0.377 e. The first-order valence-electron chi connectivity index (χ1n) is 7.53. The van der Waals surface area contributed by atoms with Crippen LogP contribution in [-0.2, 0) is 14.8 Å². The lowest BCUT2D eigenvalue weighted by Crippen LogP contribution is -2.32. The van der Waals surface area contributed by atoms with E-state index in [-0.39, 0.29) is 17.7 Å². The average molecular weight is 312 g/mol. The molecule has 1 aliphatic carbocycles. The van der Waals surface area contributed by atoms with Gasteiger partial charge in [0.2, 0.25) is 0 Å². The zero-order valence-corrected chi connectivity index (χ0v) is 13.5. The van der Waals surface area contributed by atoms with Crippen LogP contribution < -0.4 is 4.72 Å². The number of hydrogen-bond donors (Lipinski definition) is 1. The Bertz CT molecular complexity index is 560. The van der Waals surface area contributed by atoms with E-state index in [1.807, 2.05) is 0 Å². The Hall–Kier alpha value is -0.980. The zero-order chi connectivity index (χ0) is 15.3. The third-order valence-electron chi connectivity index (χ3n) is 3.97. The fraction of sp³-hybridized carbons (Fsp3) is 0.667. The molecule has 1 saturated carbocycles. The van der Waals surface area contributed by atoms with Crippen LogP contribution in [0.25, 0.3) is 0 Å². The topological polar surface area (TPSA) is 68.3 Å². The quantitative estimate of drug-likeness (QED) is 0.818. The van der Waals surface area contributed by atoms with Crippen LogP contribution in [0.1, 0.15) is 38.2 Å². The molecule has 21 heavy (non-hydrogen) atoms. The van der Waals surface area contributed by atoms with Crippen molar-refractivity contribution in [2.45, 2.75) is 50.7 Å². The number of rotatable bonds is 6. The predicted molar refractivity (Wildman–Crippen MR) is 81.5 cm³/mol. The molecule has 1 fully saturated rings. The number of hydrogen-bond acceptors (Lipinski definition) is 4. The Kier molecular flexibility index (Phi) is 5.72. The molecule has 5 nitrogen and oxygen atoms in total. The average Bonchev–Trinajstić information content (AvgIpc) is 2.45. The van der Waals surface area contributed by atoms with Crippen LogP contribution in [0.4, 0.5) is 0 Å². The predicted octanol–water partition coefficient (Wildman–Crippen LogP) is 2.26. The molecule has 0 spiro atoms. The van der Waals surface area contributed by atoms with E-state index in [1.165, 1.54) is 25.5 Å². The second kappa shape index (κ2) is 7.33. The number of nitrogens with zero attached hydrogens (tertiary/aromatic N) is 1. The lowest BCUT2D eigenvalue weighted by Gasteiger charge is -2.28. The minimum Gasteiger partial charge on any atom is -0.377 e. The Morgan fingerprint density at radius 3 is 2.86 bits per heavy atom. The van der Waals surface area contributed by atoms with Crippen LogP contribution in [0.2, 0.25) is 0 Å². The lowest BCUT2D eigenvalue weighted by atomic mass is 9.88. The molecule has 0 aliphatic heterocycles. The molecule has 0 amide bonds. The summed E-state index contributed by atoms with van der Waals surface area (Å²) in [6.07, 6.45) is 6.50. The third kappa shape index (κ3) is 4.49. The molecule has 0 radical (unpaired) electrons.